The van der Waals surface area contributed by atoms with Crippen molar-refractivity contribution in [1.29, 1.82) is 0 Å². The lowest BCUT2D eigenvalue weighted by molar-refractivity contribution is -0.142. The number of carbonyl (C=O) groups excluding carboxylic acids is 3. The van der Waals surface area contributed by atoms with E-state index in [1.54, 1.807) is 6.08 Å². The predicted molar refractivity (Wildman–Crippen MR) is 102 cm³/mol. The Morgan fingerprint density at radius 3 is 2.46 bits per heavy atom. The maximum atomic E-state index is 12.4. The van der Waals surface area contributed by atoms with Gasteiger partial charge in [-0.05, 0) is 48.9 Å². The minimum absolute atomic E-state index is 0.142. The number of hydrogen-bond acceptors (Lipinski definition) is 6. The molecule has 1 aromatic carbocycles. The van der Waals surface area contributed by atoms with Crippen molar-refractivity contribution >= 4 is 58.2 Å². The molecule has 0 spiro atoms. The smallest absolute Gasteiger partial charge is 0.343 e. The molecule has 1 atom stereocenters. The van der Waals surface area contributed by atoms with E-state index < -0.39 is 5.97 Å². The number of halogens is 2. The van der Waals surface area contributed by atoms with E-state index in [2.05, 4.69) is 4.74 Å². The Labute approximate surface area is 165 Å². The molecule has 6 nitrogen and oxygen atoms in total. The summed E-state index contributed by atoms with van der Waals surface area (Å²) in [6.45, 7) is 3.40. The average molecular weight is 418 g/mol. The van der Waals surface area contributed by atoms with Crippen molar-refractivity contribution in [2.24, 2.45) is 0 Å². The van der Waals surface area contributed by atoms with Gasteiger partial charge >= 0.3 is 5.97 Å². The number of benzene rings is 1. The highest BCUT2D eigenvalue weighted by atomic mass is 35.5. The van der Waals surface area contributed by atoms with Crippen molar-refractivity contribution in [3.63, 3.8) is 0 Å². The molecule has 140 valence electrons. The van der Waals surface area contributed by atoms with E-state index in [-0.39, 0.29) is 39.6 Å². The molecule has 0 bridgehead atoms. The van der Waals surface area contributed by atoms with Crippen molar-refractivity contribution < 1.29 is 23.9 Å². The molecule has 0 aliphatic carbocycles. The number of rotatable bonds is 6. The first-order chi connectivity index (χ1) is 12.3. The zero-order chi connectivity index (χ0) is 19.4. The Morgan fingerprint density at radius 1 is 1.31 bits per heavy atom. The van der Waals surface area contributed by atoms with Crippen LogP contribution in [-0.4, -0.2) is 41.8 Å². The summed E-state index contributed by atoms with van der Waals surface area (Å²) >= 11 is 13.2. The summed E-state index contributed by atoms with van der Waals surface area (Å²) < 4.78 is 9.74. The molecular formula is C17H17Cl2NO5S. The third-order valence-corrected chi connectivity index (χ3v) is 5.18. The number of imide groups is 1. The zero-order valence-electron chi connectivity index (χ0n) is 14.4. The summed E-state index contributed by atoms with van der Waals surface area (Å²) in [6.07, 6.45) is 2.23. The molecule has 1 aliphatic rings. The van der Waals surface area contributed by atoms with Gasteiger partial charge < -0.3 is 9.47 Å². The molecule has 1 aromatic rings. The van der Waals surface area contributed by atoms with E-state index in [4.69, 9.17) is 27.9 Å². The highest BCUT2D eigenvalue weighted by Crippen LogP contribution is 2.38. The molecular weight excluding hydrogens is 401 g/mol. The van der Waals surface area contributed by atoms with Gasteiger partial charge in [-0.3, -0.25) is 14.5 Å². The monoisotopic (exact) mass is 417 g/mol. The van der Waals surface area contributed by atoms with Crippen LogP contribution in [-0.2, 0) is 14.3 Å². The average Bonchev–Trinajstić information content (AvgIpc) is 2.86. The molecule has 1 aliphatic heterocycles. The van der Waals surface area contributed by atoms with Gasteiger partial charge in [0.15, 0.2) is 12.4 Å². The van der Waals surface area contributed by atoms with Crippen LogP contribution in [0, 0.1) is 0 Å². The Hall–Kier alpha value is -1.70. The number of esters is 1. The van der Waals surface area contributed by atoms with Gasteiger partial charge in [0.05, 0.1) is 22.1 Å². The molecule has 0 aromatic heterocycles. The molecule has 0 saturated carbocycles. The second kappa shape index (κ2) is 8.79. The summed E-state index contributed by atoms with van der Waals surface area (Å²) in [5, 5.41) is 0.0495. The van der Waals surface area contributed by atoms with Gasteiger partial charge in [0, 0.05) is 6.04 Å². The standard InChI is InChI=1S/C17H17Cl2NO5S/c1-4-9(2)20-16(22)13(26-17(20)23)7-10-5-11(18)15(12(19)6-10)25-8-14(21)24-3/h5-7,9H,4,8H2,1-3H3. The predicted octanol–water partition coefficient (Wildman–Crippen LogP) is 4.38. The maximum Gasteiger partial charge on any atom is 0.343 e. The van der Waals surface area contributed by atoms with Crippen LogP contribution in [0.1, 0.15) is 25.8 Å². The number of nitrogens with zero attached hydrogens (tertiary/aromatic N) is 1. The Bertz CT molecular complexity index is 757. The van der Waals surface area contributed by atoms with E-state index in [9.17, 15) is 14.4 Å². The van der Waals surface area contributed by atoms with Crippen molar-refractivity contribution in [2.45, 2.75) is 26.3 Å². The van der Waals surface area contributed by atoms with Crippen LogP contribution in [0.15, 0.2) is 17.0 Å². The van der Waals surface area contributed by atoms with E-state index >= 15 is 0 Å². The number of thioether (sulfide) groups is 1. The maximum absolute atomic E-state index is 12.4. The fourth-order valence-corrected chi connectivity index (χ4v) is 3.73. The Balaban J connectivity index is 2.25. The minimum atomic E-state index is -0.570. The van der Waals surface area contributed by atoms with Gasteiger partial charge in [0.2, 0.25) is 0 Å². The van der Waals surface area contributed by atoms with Crippen LogP contribution < -0.4 is 4.74 Å². The summed E-state index contributed by atoms with van der Waals surface area (Å²) in [6, 6.07) is 2.91. The molecule has 1 unspecified atom stereocenters. The third kappa shape index (κ3) is 4.52. The van der Waals surface area contributed by atoms with E-state index in [0.717, 1.165) is 11.8 Å². The molecule has 1 heterocycles. The highest BCUT2D eigenvalue weighted by molar-refractivity contribution is 8.18. The summed E-state index contributed by atoms with van der Waals surface area (Å²) in [5.74, 6) is -0.767. The molecule has 1 saturated heterocycles. The van der Waals surface area contributed by atoms with Gasteiger partial charge in [-0.25, -0.2) is 4.79 Å². The molecule has 0 radical (unpaired) electrons. The second-order valence-electron chi connectivity index (χ2n) is 5.49. The minimum Gasteiger partial charge on any atom is -0.479 e. The highest BCUT2D eigenvalue weighted by Gasteiger charge is 2.37. The lowest BCUT2D eigenvalue weighted by Gasteiger charge is -2.19. The fourth-order valence-electron chi connectivity index (χ4n) is 2.18. The van der Waals surface area contributed by atoms with E-state index in [0.29, 0.717) is 16.9 Å². The molecule has 9 heteroatoms. The van der Waals surface area contributed by atoms with Crippen LogP contribution in [0.5, 0.6) is 5.75 Å². The first kappa shape index (κ1) is 20.6. The van der Waals surface area contributed by atoms with Crippen molar-refractivity contribution in [3.05, 3.63) is 32.6 Å². The van der Waals surface area contributed by atoms with Crippen LogP contribution in [0.3, 0.4) is 0 Å². The van der Waals surface area contributed by atoms with Crippen molar-refractivity contribution in [2.75, 3.05) is 13.7 Å². The summed E-state index contributed by atoms with van der Waals surface area (Å²) in [4.78, 5) is 37.2. The normalized spacial score (nSPS) is 17.0. The number of hydrogen-bond donors (Lipinski definition) is 0. The van der Waals surface area contributed by atoms with Gasteiger partial charge in [-0.15, -0.1) is 0 Å². The number of amides is 2. The SMILES string of the molecule is CCC(C)N1C(=O)SC(=Cc2cc(Cl)c(OCC(=O)OC)c(Cl)c2)C1=O. The first-order valence-corrected chi connectivity index (χ1v) is 9.31. The third-order valence-electron chi connectivity index (χ3n) is 3.74. The lowest BCUT2D eigenvalue weighted by atomic mass is 10.2. The quantitative estimate of drug-likeness (QED) is 0.504. The molecule has 0 N–H and O–H groups in total. The van der Waals surface area contributed by atoms with Crippen molar-refractivity contribution in [1.82, 2.24) is 4.90 Å². The van der Waals surface area contributed by atoms with Gasteiger partial charge in [0.1, 0.15) is 0 Å². The number of ether oxygens (including phenoxy) is 2. The molecule has 26 heavy (non-hydrogen) atoms. The molecule has 2 rings (SSSR count). The summed E-state index contributed by atoms with van der Waals surface area (Å²) in [5.41, 5.74) is 0.542. The number of carbonyl (C=O) groups is 3. The van der Waals surface area contributed by atoms with Crippen LogP contribution in [0.25, 0.3) is 6.08 Å². The lowest BCUT2D eigenvalue weighted by Crippen LogP contribution is -2.36. The van der Waals surface area contributed by atoms with Gasteiger partial charge in [-0.1, -0.05) is 30.1 Å². The first-order valence-electron chi connectivity index (χ1n) is 7.74. The topological polar surface area (TPSA) is 72.9 Å². The van der Waals surface area contributed by atoms with Crippen molar-refractivity contribution in [3.8, 4) is 5.75 Å². The van der Waals surface area contributed by atoms with E-state index in [1.165, 1.54) is 24.1 Å². The van der Waals surface area contributed by atoms with Crippen LogP contribution in [0.2, 0.25) is 10.0 Å². The van der Waals surface area contributed by atoms with Gasteiger partial charge in [0.25, 0.3) is 11.1 Å². The largest absolute Gasteiger partial charge is 0.479 e. The van der Waals surface area contributed by atoms with Crippen LogP contribution >= 0.6 is 35.0 Å². The second-order valence-corrected chi connectivity index (χ2v) is 7.30. The number of methoxy groups -OCH3 is 1. The van der Waals surface area contributed by atoms with Crippen LogP contribution in [0.4, 0.5) is 4.79 Å². The fraction of sp³-hybridized carbons (Fsp3) is 0.353. The zero-order valence-corrected chi connectivity index (χ0v) is 16.7. The Kier molecular flexibility index (Phi) is 6.97. The van der Waals surface area contributed by atoms with E-state index in [1.807, 2.05) is 13.8 Å². The molecule has 1 fully saturated rings. The van der Waals surface area contributed by atoms with Gasteiger partial charge in [-0.2, -0.15) is 0 Å². The Morgan fingerprint density at radius 2 is 1.92 bits per heavy atom. The molecule has 2 amide bonds. The summed E-state index contributed by atoms with van der Waals surface area (Å²) in [7, 11) is 1.24.